The van der Waals surface area contributed by atoms with Crippen LogP contribution in [0.25, 0.3) is 11.3 Å². The van der Waals surface area contributed by atoms with Gasteiger partial charge in [-0.05, 0) is 30.3 Å². The lowest BCUT2D eigenvalue weighted by Crippen LogP contribution is -1.93. The minimum atomic E-state index is 0.306. The molecule has 5 heteroatoms. The third-order valence-corrected chi connectivity index (χ3v) is 3.69. The van der Waals surface area contributed by atoms with Gasteiger partial charge < -0.3 is 14.0 Å². The van der Waals surface area contributed by atoms with E-state index < -0.39 is 0 Å². The van der Waals surface area contributed by atoms with Gasteiger partial charge in [-0.1, -0.05) is 41.6 Å². The summed E-state index contributed by atoms with van der Waals surface area (Å²) in [6, 6.07) is 24.6. The number of hydrogen-bond donors (Lipinski definition) is 0. The third kappa shape index (κ3) is 3.89. The van der Waals surface area contributed by atoms with Crippen LogP contribution in [0.1, 0.15) is 5.76 Å². The van der Waals surface area contributed by atoms with E-state index in [-0.39, 0.29) is 0 Å². The predicted octanol–water partition coefficient (Wildman–Crippen LogP) is 5.11. The minimum Gasteiger partial charge on any atom is -0.486 e. The molecule has 128 valence electrons. The van der Waals surface area contributed by atoms with Crippen molar-refractivity contribution >= 4 is 0 Å². The maximum atomic E-state index is 5.74. The topological polar surface area (TPSA) is 57.4 Å². The molecule has 26 heavy (non-hydrogen) atoms. The molecule has 0 N–H and O–H groups in total. The molecule has 0 radical (unpaired) electrons. The Morgan fingerprint density at radius 2 is 1.58 bits per heavy atom. The molecule has 0 amide bonds. The molecule has 0 atom stereocenters. The normalized spacial score (nSPS) is 10.5. The van der Waals surface area contributed by atoms with Gasteiger partial charge in [-0.15, -0.1) is 0 Å². The summed E-state index contributed by atoms with van der Waals surface area (Å²) in [6.45, 7) is 0.306. The molecule has 0 fully saturated rings. The molecule has 2 aromatic heterocycles. The van der Waals surface area contributed by atoms with E-state index in [2.05, 4.69) is 10.1 Å². The van der Waals surface area contributed by atoms with Crippen LogP contribution in [0.15, 0.2) is 89.6 Å². The van der Waals surface area contributed by atoms with Gasteiger partial charge in [0.1, 0.15) is 23.8 Å². The van der Waals surface area contributed by atoms with Crippen LogP contribution in [0.2, 0.25) is 0 Å². The van der Waals surface area contributed by atoms with Crippen molar-refractivity contribution in [3.8, 4) is 28.6 Å². The molecule has 4 rings (SSSR count). The third-order valence-electron chi connectivity index (χ3n) is 3.69. The fourth-order valence-corrected chi connectivity index (χ4v) is 2.41. The Hall–Kier alpha value is -3.60. The molecule has 2 heterocycles. The Morgan fingerprint density at radius 3 is 2.35 bits per heavy atom. The van der Waals surface area contributed by atoms with Crippen molar-refractivity contribution in [2.45, 2.75) is 6.61 Å². The Labute approximate surface area is 150 Å². The van der Waals surface area contributed by atoms with E-state index >= 15 is 0 Å². The summed E-state index contributed by atoms with van der Waals surface area (Å²) in [4.78, 5) is 4.13. The summed E-state index contributed by atoms with van der Waals surface area (Å²) in [5, 5.41) is 4.08. The van der Waals surface area contributed by atoms with Crippen LogP contribution in [0.5, 0.6) is 17.4 Å². The first-order valence-electron chi connectivity index (χ1n) is 8.19. The zero-order chi connectivity index (χ0) is 17.6. The van der Waals surface area contributed by atoms with Crippen molar-refractivity contribution in [3.05, 3.63) is 90.8 Å². The first kappa shape index (κ1) is 15.9. The van der Waals surface area contributed by atoms with Crippen molar-refractivity contribution in [1.29, 1.82) is 0 Å². The predicted molar refractivity (Wildman–Crippen MR) is 97.0 cm³/mol. The largest absolute Gasteiger partial charge is 0.486 e. The van der Waals surface area contributed by atoms with Crippen LogP contribution in [0.4, 0.5) is 0 Å². The Morgan fingerprint density at radius 1 is 0.808 bits per heavy atom. The van der Waals surface area contributed by atoms with Gasteiger partial charge in [0.05, 0.1) is 0 Å². The van der Waals surface area contributed by atoms with E-state index in [9.17, 15) is 0 Å². The van der Waals surface area contributed by atoms with E-state index in [1.165, 1.54) is 0 Å². The second-order valence-corrected chi connectivity index (χ2v) is 5.57. The van der Waals surface area contributed by atoms with Gasteiger partial charge in [0.2, 0.25) is 5.88 Å². The molecule has 0 saturated heterocycles. The lowest BCUT2D eigenvalue weighted by Gasteiger charge is -2.06. The average molecular weight is 344 g/mol. The van der Waals surface area contributed by atoms with Crippen molar-refractivity contribution in [3.63, 3.8) is 0 Å². The summed E-state index contributed by atoms with van der Waals surface area (Å²) in [5.74, 6) is 2.63. The van der Waals surface area contributed by atoms with E-state index in [4.69, 9.17) is 14.0 Å². The van der Waals surface area contributed by atoms with Gasteiger partial charge in [-0.25, -0.2) is 4.98 Å². The molecule has 0 aliphatic rings. The fraction of sp³-hybridized carbons (Fsp3) is 0.0476. The highest BCUT2D eigenvalue weighted by molar-refractivity contribution is 5.58. The molecular formula is C21H16N2O3. The second-order valence-electron chi connectivity index (χ2n) is 5.57. The number of aromatic nitrogens is 2. The zero-order valence-corrected chi connectivity index (χ0v) is 13.9. The lowest BCUT2D eigenvalue weighted by molar-refractivity contribution is 0.249. The van der Waals surface area contributed by atoms with Gasteiger partial charge in [0.25, 0.3) is 0 Å². The summed E-state index contributed by atoms with van der Waals surface area (Å²) in [6.07, 6.45) is 1.69. The summed E-state index contributed by atoms with van der Waals surface area (Å²) >= 11 is 0. The number of benzene rings is 2. The molecule has 0 spiro atoms. The second kappa shape index (κ2) is 7.53. The molecule has 0 unspecified atom stereocenters. The summed E-state index contributed by atoms with van der Waals surface area (Å²) in [5.41, 5.74) is 1.81. The quantitative estimate of drug-likeness (QED) is 0.486. The SMILES string of the molecule is c1ccc(-c2cc(COc3ccc(Oc4ccccn4)cc3)on2)cc1. The standard InChI is InChI=1S/C21H16N2O3/c1-2-6-16(7-3-1)20-14-19(26-23-20)15-24-17-9-11-18(12-10-17)25-21-8-4-5-13-22-21/h1-14H,15H2. The Balaban J connectivity index is 1.36. The lowest BCUT2D eigenvalue weighted by atomic mass is 10.1. The van der Waals surface area contributed by atoms with Crippen LogP contribution in [-0.2, 0) is 6.61 Å². The van der Waals surface area contributed by atoms with E-state index in [0.717, 1.165) is 17.0 Å². The monoisotopic (exact) mass is 344 g/mol. The maximum Gasteiger partial charge on any atom is 0.219 e. The van der Waals surface area contributed by atoms with Crippen LogP contribution in [0.3, 0.4) is 0 Å². The maximum absolute atomic E-state index is 5.74. The van der Waals surface area contributed by atoms with Gasteiger partial charge in [0.15, 0.2) is 5.76 Å². The average Bonchev–Trinajstić information content (AvgIpc) is 3.18. The van der Waals surface area contributed by atoms with Crippen molar-refractivity contribution in [2.75, 3.05) is 0 Å². The Bertz CT molecular complexity index is 951. The van der Waals surface area contributed by atoms with Gasteiger partial charge in [0, 0.05) is 23.9 Å². The zero-order valence-electron chi connectivity index (χ0n) is 13.9. The summed E-state index contributed by atoms with van der Waals surface area (Å²) < 4.78 is 16.7. The van der Waals surface area contributed by atoms with Crippen molar-refractivity contribution in [2.24, 2.45) is 0 Å². The first-order valence-corrected chi connectivity index (χ1v) is 8.19. The molecule has 0 aliphatic heterocycles. The van der Waals surface area contributed by atoms with Gasteiger partial charge in [-0.3, -0.25) is 0 Å². The van der Waals surface area contributed by atoms with Crippen LogP contribution in [-0.4, -0.2) is 10.1 Å². The van der Waals surface area contributed by atoms with Crippen LogP contribution in [0, 0.1) is 0 Å². The molecule has 0 aliphatic carbocycles. The van der Waals surface area contributed by atoms with Crippen LogP contribution >= 0.6 is 0 Å². The van der Waals surface area contributed by atoms with Crippen molar-refractivity contribution < 1.29 is 14.0 Å². The number of ether oxygens (including phenoxy) is 2. The van der Waals surface area contributed by atoms with Gasteiger partial charge >= 0.3 is 0 Å². The highest BCUT2D eigenvalue weighted by Crippen LogP contribution is 2.23. The number of pyridine rings is 1. The first-order chi connectivity index (χ1) is 12.9. The van der Waals surface area contributed by atoms with Gasteiger partial charge in [-0.2, -0.15) is 0 Å². The molecule has 0 bridgehead atoms. The van der Waals surface area contributed by atoms with Crippen molar-refractivity contribution in [1.82, 2.24) is 10.1 Å². The smallest absolute Gasteiger partial charge is 0.219 e. The highest BCUT2D eigenvalue weighted by Gasteiger charge is 2.07. The molecule has 0 saturated carbocycles. The minimum absolute atomic E-state index is 0.306. The van der Waals surface area contributed by atoms with E-state index in [1.807, 2.05) is 72.8 Å². The van der Waals surface area contributed by atoms with Crippen LogP contribution < -0.4 is 9.47 Å². The number of hydrogen-bond acceptors (Lipinski definition) is 5. The molecule has 5 nitrogen and oxygen atoms in total. The fourth-order valence-electron chi connectivity index (χ4n) is 2.41. The van der Waals surface area contributed by atoms with E-state index in [1.54, 1.807) is 12.3 Å². The Kier molecular flexibility index (Phi) is 4.60. The molecule has 2 aromatic carbocycles. The van der Waals surface area contributed by atoms with E-state index in [0.29, 0.717) is 24.0 Å². The number of rotatable bonds is 6. The highest BCUT2D eigenvalue weighted by atomic mass is 16.5. The molecular weight excluding hydrogens is 328 g/mol. The number of nitrogens with zero attached hydrogens (tertiary/aromatic N) is 2. The summed E-state index contributed by atoms with van der Waals surface area (Å²) in [7, 11) is 0. The molecule has 4 aromatic rings.